The third-order valence-corrected chi connectivity index (χ3v) is 5.57. The molecule has 0 spiro atoms. The van der Waals surface area contributed by atoms with Gasteiger partial charge in [0.05, 0.1) is 0 Å². The molecule has 7 heteroatoms. The molecule has 0 saturated carbocycles. The fraction of sp³-hybridized carbons (Fsp3) is 0.611. The van der Waals surface area contributed by atoms with Crippen molar-refractivity contribution >= 4 is 17.4 Å². The van der Waals surface area contributed by atoms with Crippen molar-refractivity contribution in [2.75, 3.05) is 51.2 Å². The Hall–Kier alpha value is -2.15. The number of aromatic nitrogens is 3. The number of likely N-dealkylation sites (N-methyl/N-ethyl adjacent to an activating group) is 1. The van der Waals surface area contributed by atoms with Crippen LogP contribution in [0.3, 0.4) is 0 Å². The van der Waals surface area contributed by atoms with E-state index in [2.05, 4.69) is 33.1 Å². The Bertz CT molecular complexity index is 728. The Kier molecular flexibility index (Phi) is 4.57. The van der Waals surface area contributed by atoms with Gasteiger partial charge in [-0.1, -0.05) is 6.07 Å². The Morgan fingerprint density at radius 2 is 1.88 bits per heavy atom. The van der Waals surface area contributed by atoms with Crippen LogP contribution in [0.5, 0.6) is 0 Å². The van der Waals surface area contributed by atoms with Gasteiger partial charge in [-0.25, -0.2) is 0 Å². The molecule has 0 unspecified atom stereocenters. The van der Waals surface area contributed by atoms with Gasteiger partial charge in [0.1, 0.15) is 12.1 Å². The lowest BCUT2D eigenvalue weighted by molar-refractivity contribution is -0.133. The van der Waals surface area contributed by atoms with Crippen molar-refractivity contribution in [3.05, 3.63) is 24.5 Å². The summed E-state index contributed by atoms with van der Waals surface area (Å²) in [6, 6.07) is 6.12. The first-order valence-electron chi connectivity index (χ1n) is 9.21. The number of nitrogens with zero attached hydrogens (tertiary/aromatic N) is 6. The van der Waals surface area contributed by atoms with E-state index in [4.69, 9.17) is 0 Å². The van der Waals surface area contributed by atoms with Crippen LogP contribution in [0.2, 0.25) is 0 Å². The number of piperazine rings is 1. The second-order valence-corrected chi connectivity index (χ2v) is 7.26. The number of rotatable bonds is 3. The minimum Gasteiger partial charge on any atom is -0.358 e. The van der Waals surface area contributed by atoms with Gasteiger partial charge in [-0.05, 0) is 37.9 Å². The smallest absolute Gasteiger partial charge is 0.222 e. The largest absolute Gasteiger partial charge is 0.358 e. The van der Waals surface area contributed by atoms with E-state index in [-0.39, 0.29) is 0 Å². The average molecular weight is 342 g/mol. The van der Waals surface area contributed by atoms with Gasteiger partial charge in [0.15, 0.2) is 5.65 Å². The Morgan fingerprint density at radius 3 is 2.64 bits per heavy atom. The van der Waals surface area contributed by atoms with Gasteiger partial charge in [0, 0.05) is 45.7 Å². The van der Waals surface area contributed by atoms with Crippen LogP contribution in [0, 0.1) is 5.92 Å². The summed E-state index contributed by atoms with van der Waals surface area (Å²) >= 11 is 0. The molecular formula is C18H26N6O. The predicted octanol–water partition coefficient (Wildman–Crippen LogP) is 1.11. The number of hydrogen-bond donors (Lipinski definition) is 0. The van der Waals surface area contributed by atoms with E-state index >= 15 is 0 Å². The molecule has 0 bridgehead atoms. The van der Waals surface area contributed by atoms with Gasteiger partial charge in [-0.15, -0.1) is 10.2 Å². The van der Waals surface area contributed by atoms with E-state index in [9.17, 15) is 4.79 Å². The minimum absolute atomic E-state index is 0.340. The molecule has 2 saturated heterocycles. The summed E-state index contributed by atoms with van der Waals surface area (Å²) in [5, 5.41) is 8.12. The topological polar surface area (TPSA) is 57.0 Å². The standard InChI is InChI=1S/C18H26N6O/c1-21-9-11-23(12-10-21)18(25)13-15-5-7-22(8-6-15)17-4-2-3-16-20-19-14-24(16)17/h2-4,14-15H,5-13H2,1H3. The molecule has 7 nitrogen and oxygen atoms in total. The molecule has 0 radical (unpaired) electrons. The highest BCUT2D eigenvalue weighted by molar-refractivity contribution is 5.76. The van der Waals surface area contributed by atoms with Crippen LogP contribution in [0.1, 0.15) is 19.3 Å². The first-order chi connectivity index (χ1) is 12.2. The molecule has 2 aliphatic heterocycles. The summed E-state index contributed by atoms with van der Waals surface area (Å²) in [6.07, 6.45) is 4.61. The summed E-state index contributed by atoms with van der Waals surface area (Å²) in [6.45, 7) is 5.71. The number of fused-ring (bicyclic) bond motifs is 1. The molecule has 2 aromatic rings. The molecule has 0 atom stereocenters. The van der Waals surface area contributed by atoms with Crippen LogP contribution in [0.4, 0.5) is 5.82 Å². The number of carbonyl (C=O) groups excluding carboxylic acids is 1. The maximum atomic E-state index is 12.5. The van der Waals surface area contributed by atoms with Crippen molar-refractivity contribution in [1.82, 2.24) is 24.4 Å². The van der Waals surface area contributed by atoms with Crippen molar-refractivity contribution in [3.8, 4) is 0 Å². The number of hydrogen-bond acceptors (Lipinski definition) is 5. The first-order valence-corrected chi connectivity index (χ1v) is 9.21. The van der Waals surface area contributed by atoms with Gasteiger partial charge in [0.25, 0.3) is 0 Å². The van der Waals surface area contributed by atoms with E-state index in [0.29, 0.717) is 18.2 Å². The zero-order valence-corrected chi connectivity index (χ0v) is 14.8. The molecule has 134 valence electrons. The van der Waals surface area contributed by atoms with Crippen LogP contribution in [0.15, 0.2) is 24.5 Å². The normalized spacial score (nSPS) is 20.4. The molecule has 0 aliphatic carbocycles. The number of piperidine rings is 1. The van der Waals surface area contributed by atoms with Crippen LogP contribution in [0.25, 0.3) is 5.65 Å². The van der Waals surface area contributed by atoms with Gasteiger partial charge in [0.2, 0.25) is 5.91 Å². The van der Waals surface area contributed by atoms with Crippen LogP contribution < -0.4 is 4.90 Å². The van der Waals surface area contributed by atoms with Crippen molar-refractivity contribution in [1.29, 1.82) is 0 Å². The van der Waals surface area contributed by atoms with E-state index in [1.165, 1.54) is 0 Å². The molecule has 0 aromatic carbocycles. The van der Waals surface area contributed by atoms with Crippen LogP contribution >= 0.6 is 0 Å². The molecule has 2 fully saturated rings. The summed E-state index contributed by atoms with van der Waals surface area (Å²) in [5.41, 5.74) is 0.880. The Morgan fingerprint density at radius 1 is 1.12 bits per heavy atom. The minimum atomic E-state index is 0.340. The fourth-order valence-electron chi connectivity index (χ4n) is 3.89. The van der Waals surface area contributed by atoms with Crippen molar-refractivity contribution < 1.29 is 4.79 Å². The zero-order chi connectivity index (χ0) is 17.2. The van der Waals surface area contributed by atoms with Gasteiger partial charge in [-0.3, -0.25) is 9.20 Å². The second kappa shape index (κ2) is 7.00. The van der Waals surface area contributed by atoms with Crippen molar-refractivity contribution in [3.63, 3.8) is 0 Å². The first kappa shape index (κ1) is 16.3. The molecule has 2 aliphatic rings. The summed E-state index contributed by atoms with van der Waals surface area (Å²) in [4.78, 5) is 19.3. The van der Waals surface area contributed by atoms with Gasteiger partial charge >= 0.3 is 0 Å². The maximum Gasteiger partial charge on any atom is 0.222 e. The maximum absolute atomic E-state index is 12.5. The van der Waals surface area contributed by atoms with Crippen molar-refractivity contribution in [2.45, 2.75) is 19.3 Å². The molecule has 4 rings (SSSR count). The monoisotopic (exact) mass is 342 g/mol. The summed E-state index contributed by atoms with van der Waals surface area (Å²) in [5.74, 6) is 1.99. The third kappa shape index (κ3) is 3.46. The molecule has 25 heavy (non-hydrogen) atoms. The lowest BCUT2D eigenvalue weighted by Crippen LogP contribution is -2.47. The average Bonchev–Trinajstić information content (AvgIpc) is 3.12. The van der Waals surface area contributed by atoms with E-state index in [1.807, 2.05) is 21.4 Å². The highest BCUT2D eigenvalue weighted by Crippen LogP contribution is 2.26. The van der Waals surface area contributed by atoms with Crippen LogP contribution in [-0.4, -0.2) is 76.6 Å². The second-order valence-electron chi connectivity index (χ2n) is 7.26. The van der Waals surface area contributed by atoms with Gasteiger partial charge in [-0.2, -0.15) is 0 Å². The number of pyridine rings is 1. The lowest BCUT2D eigenvalue weighted by atomic mass is 9.93. The third-order valence-electron chi connectivity index (χ3n) is 5.57. The molecular weight excluding hydrogens is 316 g/mol. The summed E-state index contributed by atoms with van der Waals surface area (Å²) < 4.78 is 2.04. The number of anilines is 1. The van der Waals surface area contributed by atoms with E-state index in [0.717, 1.165) is 63.6 Å². The van der Waals surface area contributed by atoms with Crippen LogP contribution in [-0.2, 0) is 4.79 Å². The van der Waals surface area contributed by atoms with Crippen molar-refractivity contribution in [2.24, 2.45) is 5.92 Å². The van der Waals surface area contributed by atoms with E-state index in [1.54, 1.807) is 6.33 Å². The van der Waals surface area contributed by atoms with Gasteiger partial charge < -0.3 is 14.7 Å². The number of carbonyl (C=O) groups is 1. The fourth-order valence-corrected chi connectivity index (χ4v) is 3.89. The Labute approximate surface area is 148 Å². The summed E-state index contributed by atoms with van der Waals surface area (Å²) in [7, 11) is 2.12. The molecule has 2 aromatic heterocycles. The predicted molar refractivity (Wildman–Crippen MR) is 96.6 cm³/mol. The van der Waals surface area contributed by atoms with E-state index < -0.39 is 0 Å². The quantitative estimate of drug-likeness (QED) is 0.836. The highest BCUT2D eigenvalue weighted by Gasteiger charge is 2.26. The zero-order valence-electron chi connectivity index (χ0n) is 14.8. The molecule has 4 heterocycles. The molecule has 0 N–H and O–H groups in total. The molecule has 1 amide bonds. The SMILES string of the molecule is CN1CCN(C(=O)CC2CCN(c3cccc4nncn34)CC2)CC1. The lowest BCUT2D eigenvalue weighted by Gasteiger charge is -2.36. The number of amides is 1. The highest BCUT2D eigenvalue weighted by atomic mass is 16.2. The Balaban J connectivity index is 1.32.